The molecular formula is C14H16F2N2S. The van der Waals surface area contributed by atoms with Crippen molar-refractivity contribution in [3.63, 3.8) is 0 Å². The molecule has 0 saturated carbocycles. The summed E-state index contributed by atoms with van der Waals surface area (Å²) in [5.74, 6) is -1.67. The normalized spacial score (nSPS) is 10.9. The molecule has 0 spiro atoms. The summed E-state index contributed by atoms with van der Waals surface area (Å²) in [6.07, 6.45) is 1.08. The standard InChI is InChI=1S/C14H16F2N2S/c1-3-6-17-8-13-9(2)18-14(19-13)10-4-5-11(15)12(16)7-10/h4-5,7,17H,3,6,8H2,1-2H3. The van der Waals surface area contributed by atoms with E-state index in [4.69, 9.17) is 0 Å². The van der Waals surface area contributed by atoms with Gasteiger partial charge in [0.25, 0.3) is 0 Å². The lowest BCUT2D eigenvalue weighted by Crippen LogP contribution is -2.13. The van der Waals surface area contributed by atoms with Crippen molar-refractivity contribution in [1.82, 2.24) is 10.3 Å². The van der Waals surface area contributed by atoms with Gasteiger partial charge in [-0.15, -0.1) is 11.3 Å². The molecule has 0 atom stereocenters. The highest BCUT2D eigenvalue weighted by Crippen LogP contribution is 2.28. The summed E-state index contributed by atoms with van der Waals surface area (Å²) in [4.78, 5) is 5.55. The monoisotopic (exact) mass is 282 g/mol. The van der Waals surface area contributed by atoms with E-state index < -0.39 is 11.6 Å². The van der Waals surface area contributed by atoms with Crippen LogP contribution in [0.25, 0.3) is 10.6 Å². The molecule has 0 radical (unpaired) electrons. The van der Waals surface area contributed by atoms with E-state index in [1.165, 1.54) is 17.4 Å². The molecule has 0 aliphatic rings. The van der Waals surface area contributed by atoms with Crippen LogP contribution in [0, 0.1) is 18.6 Å². The molecule has 1 aromatic heterocycles. The Labute approximate surface area is 115 Å². The van der Waals surface area contributed by atoms with Gasteiger partial charge in [-0.25, -0.2) is 13.8 Å². The molecule has 0 unspecified atom stereocenters. The highest BCUT2D eigenvalue weighted by atomic mass is 32.1. The third-order valence-corrected chi connectivity index (χ3v) is 3.98. The third kappa shape index (κ3) is 3.36. The first-order valence-corrected chi connectivity index (χ1v) is 7.06. The average Bonchev–Trinajstić information content (AvgIpc) is 2.75. The SMILES string of the molecule is CCCNCc1sc(-c2ccc(F)c(F)c2)nc1C. The number of rotatable bonds is 5. The molecule has 2 aromatic rings. The quantitative estimate of drug-likeness (QED) is 0.841. The van der Waals surface area contributed by atoms with Crippen molar-refractivity contribution >= 4 is 11.3 Å². The first-order valence-electron chi connectivity index (χ1n) is 6.24. The Morgan fingerprint density at radius 1 is 1.26 bits per heavy atom. The molecule has 1 aromatic carbocycles. The second-order valence-electron chi connectivity index (χ2n) is 4.33. The van der Waals surface area contributed by atoms with Crippen LogP contribution in [0.2, 0.25) is 0 Å². The van der Waals surface area contributed by atoms with Crippen molar-refractivity contribution in [2.45, 2.75) is 26.8 Å². The predicted octanol–water partition coefficient (Wildman–Crippen LogP) is 3.90. The van der Waals surface area contributed by atoms with Gasteiger partial charge in [0.2, 0.25) is 0 Å². The lowest BCUT2D eigenvalue weighted by Gasteiger charge is -2.00. The Morgan fingerprint density at radius 2 is 2.05 bits per heavy atom. The van der Waals surface area contributed by atoms with Crippen LogP contribution < -0.4 is 5.32 Å². The van der Waals surface area contributed by atoms with Gasteiger partial charge in [-0.2, -0.15) is 0 Å². The first-order chi connectivity index (χ1) is 9.11. The number of benzene rings is 1. The van der Waals surface area contributed by atoms with Crippen LogP contribution in [0.1, 0.15) is 23.9 Å². The minimum Gasteiger partial charge on any atom is -0.312 e. The number of aryl methyl sites for hydroxylation is 1. The number of nitrogens with zero attached hydrogens (tertiary/aromatic N) is 1. The zero-order valence-corrected chi connectivity index (χ0v) is 11.8. The summed E-state index contributed by atoms with van der Waals surface area (Å²) >= 11 is 1.51. The highest BCUT2D eigenvalue weighted by molar-refractivity contribution is 7.15. The summed E-state index contributed by atoms with van der Waals surface area (Å²) < 4.78 is 26.1. The van der Waals surface area contributed by atoms with E-state index in [1.807, 2.05) is 6.92 Å². The molecule has 0 bridgehead atoms. The smallest absolute Gasteiger partial charge is 0.159 e. The fourth-order valence-corrected chi connectivity index (χ4v) is 2.75. The second-order valence-corrected chi connectivity index (χ2v) is 5.42. The summed E-state index contributed by atoms with van der Waals surface area (Å²) in [6.45, 7) is 5.76. The lowest BCUT2D eigenvalue weighted by molar-refractivity contribution is 0.509. The fraction of sp³-hybridized carbons (Fsp3) is 0.357. The number of hydrogen-bond acceptors (Lipinski definition) is 3. The predicted molar refractivity (Wildman–Crippen MR) is 74.2 cm³/mol. The zero-order chi connectivity index (χ0) is 13.8. The number of nitrogens with one attached hydrogen (secondary N) is 1. The maximum absolute atomic E-state index is 13.2. The van der Waals surface area contributed by atoms with Crippen LogP contribution >= 0.6 is 11.3 Å². The number of aromatic nitrogens is 1. The van der Waals surface area contributed by atoms with E-state index in [1.54, 1.807) is 6.07 Å². The van der Waals surface area contributed by atoms with Crippen molar-refractivity contribution in [3.05, 3.63) is 40.4 Å². The molecule has 2 nitrogen and oxygen atoms in total. The van der Waals surface area contributed by atoms with Gasteiger partial charge in [0.05, 0.1) is 5.69 Å². The molecule has 0 amide bonds. The van der Waals surface area contributed by atoms with Gasteiger partial charge < -0.3 is 5.32 Å². The van der Waals surface area contributed by atoms with Crippen LogP contribution in [-0.2, 0) is 6.54 Å². The van der Waals surface area contributed by atoms with Crippen molar-refractivity contribution in [1.29, 1.82) is 0 Å². The second kappa shape index (κ2) is 6.21. The minimum absolute atomic E-state index is 0.619. The number of halogens is 2. The van der Waals surface area contributed by atoms with Gasteiger partial charge in [-0.3, -0.25) is 0 Å². The molecule has 1 heterocycles. The molecule has 19 heavy (non-hydrogen) atoms. The van der Waals surface area contributed by atoms with Gasteiger partial charge in [-0.05, 0) is 38.1 Å². The molecule has 2 rings (SSSR count). The molecule has 0 saturated heterocycles. The van der Waals surface area contributed by atoms with Crippen LogP contribution in [0.3, 0.4) is 0 Å². The number of thiazole rings is 1. The summed E-state index contributed by atoms with van der Waals surface area (Å²) in [6, 6.07) is 3.88. The average molecular weight is 282 g/mol. The van der Waals surface area contributed by atoms with E-state index in [0.29, 0.717) is 5.56 Å². The van der Waals surface area contributed by atoms with Crippen molar-refractivity contribution in [3.8, 4) is 10.6 Å². The molecule has 5 heteroatoms. The Bertz CT molecular complexity index is 567. The van der Waals surface area contributed by atoms with E-state index in [9.17, 15) is 8.78 Å². The number of hydrogen-bond donors (Lipinski definition) is 1. The van der Waals surface area contributed by atoms with Crippen molar-refractivity contribution < 1.29 is 8.78 Å². The molecule has 0 aliphatic heterocycles. The van der Waals surface area contributed by atoms with Gasteiger partial charge >= 0.3 is 0 Å². The third-order valence-electron chi connectivity index (χ3n) is 2.77. The Hall–Kier alpha value is -1.33. The van der Waals surface area contributed by atoms with Crippen LogP contribution in [0.15, 0.2) is 18.2 Å². The van der Waals surface area contributed by atoms with Crippen LogP contribution in [0.4, 0.5) is 8.78 Å². The summed E-state index contributed by atoms with van der Waals surface area (Å²) in [7, 11) is 0. The molecular weight excluding hydrogens is 266 g/mol. The largest absolute Gasteiger partial charge is 0.312 e. The Balaban J connectivity index is 2.21. The van der Waals surface area contributed by atoms with E-state index >= 15 is 0 Å². The van der Waals surface area contributed by atoms with Crippen LogP contribution in [0.5, 0.6) is 0 Å². The molecule has 0 aliphatic carbocycles. The molecule has 102 valence electrons. The van der Waals surface area contributed by atoms with Crippen molar-refractivity contribution in [2.24, 2.45) is 0 Å². The first kappa shape index (κ1) is 14.1. The van der Waals surface area contributed by atoms with E-state index in [0.717, 1.165) is 41.2 Å². The highest BCUT2D eigenvalue weighted by Gasteiger charge is 2.11. The summed E-state index contributed by atoms with van der Waals surface area (Å²) in [5.41, 5.74) is 1.56. The zero-order valence-electron chi connectivity index (χ0n) is 11.0. The van der Waals surface area contributed by atoms with E-state index in [2.05, 4.69) is 17.2 Å². The van der Waals surface area contributed by atoms with Gasteiger partial charge in [-0.1, -0.05) is 6.92 Å². The summed E-state index contributed by atoms with van der Waals surface area (Å²) in [5, 5.41) is 4.04. The fourth-order valence-electron chi connectivity index (χ4n) is 1.72. The van der Waals surface area contributed by atoms with Gasteiger partial charge in [0.15, 0.2) is 11.6 Å². The lowest BCUT2D eigenvalue weighted by atomic mass is 10.2. The topological polar surface area (TPSA) is 24.9 Å². The van der Waals surface area contributed by atoms with Crippen LogP contribution in [-0.4, -0.2) is 11.5 Å². The Morgan fingerprint density at radius 3 is 2.74 bits per heavy atom. The van der Waals surface area contributed by atoms with Gasteiger partial charge in [0, 0.05) is 17.0 Å². The van der Waals surface area contributed by atoms with E-state index in [-0.39, 0.29) is 0 Å². The Kier molecular flexibility index (Phi) is 4.61. The maximum Gasteiger partial charge on any atom is 0.159 e. The molecule has 0 fully saturated rings. The molecule has 1 N–H and O–H groups in total. The minimum atomic E-state index is -0.837. The van der Waals surface area contributed by atoms with Gasteiger partial charge in [0.1, 0.15) is 5.01 Å². The maximum atomic E-state index is 13.2. The van der Waals surface area contributed by atoms with Crippen molar-refractivity contribution in [2.75, 3.05) is 6.54 Å².